The minimum atomic E-state index is -0.572. The second-order valence-electron chi connectivity index (χ2n) is 4.36. The van der Waals surface area contributed by atoms with Crippen molar-refractivity contribution in [2.75, 3.05) is 5.32 Å². The average molecular weight is 370 g/mol. The molecule has 0 aliphatic heterocycles. The number of rotatable bonds is 3. The van der Waals surface area contributed by atoms with Crippen molar-refractivity contribution in [3.8, 4) is 0 Å². The number of aryl methyl sites for hydroxylation is 1. The molecule has 0 spiro atoms. The van der Waals surface area contributed by atoms with Crippen molar-refractivity contribution in [3.63, 3.8) is 0 Å². The van der Waals surface area contributed by atoms with Gasteiger partial charge in [-0.3, -0.25) is 14.9 Å². The molecule has 0 atom stereocenters. The van der Waals surface area contributed by atoms with Gasteiger partial charge in [0.05, 0.1) is 10.5 Å². The zero-order valence-electron chi connectivity index (χ0n) is 10.9. The van der Waals surface area contributed by atoms with E-state index in [-0.39, 0.29) is 11.4 Å². The van der Waals surface area contributed by atoms with E-state index in [4.69, 9.17) is 11.6 Å². The first-order chi connectivity index (χ1) is 9.88. The smallest absolute Gasteiger partial charge is 0.292 e. The third-order valence-corrected chi connectivity index (χ3v) is 3.70. The Morgan fingerprint density at radius 2 is 2.00 bits per heavy atom. The number of carbonyl (C=O) groups excluding carboxylic acids is 1. The number of nitro benzene ring substituents is 1. The molecule has 0 heterocycles. The number of nitrogens with zero attached hydrogens (tertiary/aromatic N) is 1. The van der Waals surface area contributed by atoms with Gasteiger partial charge in [-0.05, 0) is 47.1 Å². The lowest BCUT2D eigenvalue weighted by Gasteiger charge is -2.08. The molecule has 2 rings (SSSR count). The van der Waals surface area contributed by atoms with Crippen molar-refractivity contribution in [1.82, 2.24) is 0 Å². The predicted octanol–water partition coefficient (Wildman–Crippen LogP) is 4.57. The maximum Gasteiger partial charge on any atom is 0.292 e. The van der Waals surface area contributed by atoms with Crippen LogP contribution in [0.2, 0.25) is 5.02 Å². The van der Waals surface area contributed by atoms with Gasteiger partial charge < -0.3 is 5.32 Å². The van der Waals surface area contributed by atoms with Gasteiger partial charge in [-0.25, -0.2) is 0 Å². The SMILES string of the molecule is Cc1ccc(Br)c(C(=O)Nc2cc(Cl)ccc2[N+](=O)[O-])c1. The molecule has 108 valence electrons. The minimum absolute atomic E-state index is 0.0610. The number of anilines is 1. The van der Waals surface area contributed by atoms with Crippen molar-refractivity contribution in [3.05, 3.63) is 67.1 Å². The van der Waals surface area contributed by atoms with E-state index in [2.05, 4.69) is 21.2 Å². The number of halogens is 2. The highest BCUT2D eigenvalue weighted by molar-refractivity contribution is 9.10. The van der Waals surface area contributed by atoms with Gasteiger partial charge in [0, 0.05) is 15.6 Å². The fourth-order valence-electron chi connectivity index (χ4n) is 1.77. The molecule has 5 nitrogen and oxygen atoms in total. The van der Waals surface area contributed by atoms with Gasteiger partial charge in [-0.1, -0.05) is 23.2 Å². The molecule has 0 saturated carbocycles. The van der Waals surface area contributed by atoms with Crippen molar-refractivity contribution in [2.24, 2.45) is 0 Å². The van der Waals surface area contributed by atoms with Crippen LogP contribution in [0.4, 0.5) is 11.4 Å². The maximum atomic E-state index is 12.3. The average Bonchev–Trinajstić information content (AvgIpc) is 2.41. The second kappa shape index (κ2) is 6.24. The molecule has 7 heteroatoms. The zero-order valence-corrected chi connectivity index (χ0v) is 13.2. The van der Waals surface area contributed by atoms with Gasteiger partial charge in [-0.2, -0.15) is 0 Å². The summed E-state index contributed by atoms with van der Waals surface area (Å²) in [6.07, 6.45) is 0. The summed E-state index contributed by atoms with van der Waals surface area (Å²) in [4.78, 5) is 22.7. The van der Waals surface area contributed by atoms with Crippen LogP contribution in [0.3, 0.4) is 0 Å². The summed E-state index contributed by atoms with van der Waals surface area (Å²) in [6.45, 7) is 1.85. The van der Waals surface area contributed by atoms with E-state index in [0.717, 1.165) is 5.56 Å². The number of benzene rings is 2. The van der Waals surface area contributed by atoms with E-state index < -0.39 is 10.8 Å². The van der Waals surface area contributed by atoms with Crippen LogP contribution in [0.5, 0.6) is 0 Å². The fourth-order valence-corrected chi connectivity index (χ4v) is 2.37. The van der Waals surface area contributed by atoms with Crippen LogP contribution in [-0.2, 0) is 0 Å². The van der Waals surface area contributed by atoms with E-state index in [9.17, 15) is 14.9 Å². The van der Waals surface area contributed by atoms with Gasteiger partial charge in [0.15, 0.2) is 0 Å². The lowest BCUT2D eigenvalue weighted by atomic mass is 10.1. The van der Waals surface area contributed by atoms with Gasteiger partial charge in [0.25, 0.3) is 11.6 Å². The molecule has 1 N–H and O–H groups in total. The zero-order chi connectivity index (χ0) is 15.6. The summed E-state index contributed by atoms with van der Waals surface area (Å²) < 4.78 is 0.607. The largest absolute Gasteiger partial charge is 0.316 e. The Morgan fingerprint density at radius 3 is 2.67 bits per heavy atom. The first-order valence-electron chi connectivity index (χ1n) is 5.90. The van der Waals surface area contributed by atoms with Crippen LogP contribution in [0.1, 0.15) is 15.9 Å². The van der Waals surface area contributed by atoms with Crippen LogP contribution in [0, 0.1) is 17.0 Å². The normalized spacial score (nSPS) is 10.2. The number of hydrogen-bond acceptors (Lipinski definition) is 3. The summed E-state index contributed by atoms with van der Waals surface area (Å²) in [6, 6.07) is 9.29. The molecule has 0 aliphatic rings. The fraction of sp³-hybridized carbons (Fsp3) is 0.0714. The quantitative estimate of drug-likeness (QED) is 0.636. The molecule has 0 unspecified atom stereocenters. The molecule has 2 aromatic rings. The van der Waals surface area contributed by atoms with Crippen LogP contribution in [0.25, 0.3) is 0 Å². The van der Waals surface area contributed by atoms with Gasteiger partial charge in [-0.15, -0.1) is 0 Å². The third kappa shape index (κ3) is 3.59. The monoisotopic (exact) mass is 368 g/mol. The molecule has 1 amide bonds. The highest BCUT2D eigenvalue weighted by Crippen LogP contribution is 2.29. The van der Waals surface area contributed by atoms with Crippen molar-refractivity contribution in [2.45, 2.75) is 6.92 Å². The van der Waals surface area contributed by atoms with Gasteiger partial charge in [0.1, 0.15) is 5.69 Å². The predicted molar refractivity (Wildman–Crippen MR) is 84.9 cm³/mol. The lowest BCUT2D eigenvalue weighted by Crippen LogP contribution is -2.14. The Morgan fingerprint density at radius 1 is 1.29 bits per heavy atom. The molecule has 0 fully saturated rings. The first-order valence-corrected chi connectivity index (χ1v) is 7.07. The van der Waals surface area contributed by atoms with Crippen LogP contribution in [0.15, 0.2) is 40.9 Å². The molecule has 0 bridgehead atoms. The van der Waals surface area contributed by atoms with Crippen LogP contribution < -0.4 is 5.32 Å². The number of nitro groups is 1. The molecule has 2 aromatic carbocycles. The summed E-state index contributed by atoms with van der Waals surface area (Å²) >= 11 is 9.11. The Bertz CT molecular complexity index is 734. The summed E-state index contributed by atoms with van der Waals surface area (Å²) in [7, 11) is 0. The molecule has 0 radical (unpaired) electrons. The standard InChI is InChI=1S/C14H10BrClN2O3/c1-8-2-4-11(15)10(6-8)14(19)17-12-7-9(16)3-5-13(12)18(20)21/h2-7H,1H3,(H,17,19). The Labute approximate surface area is 134 Å². The Balaban J connectivity index is 2.38. The molecule has 0 aliphatic carbocycles. The van der Waals surface area contributed by atoms with E-state index in [0.29, 0.717) is 15.1 Å². The van der Waals surface area contributed by atoms with Crippen LogP contribution in [-0.4, -0.2) is 10.8 Å². The molecular weight excluding hydrogens is 360 g/mol. The molecule has 21 heavy (non-hydrogen) atoms. The highest BCUT2D eigenvalue weighted by atomic mass is 79.9. The Kier molecular flexibility index (Phi) is 4.59. The number of amides is 1. The lowest BCUT2D eigenvalue weighted by molar-refractivity contribution is -0.383. The first kappa shape index (κ1) is 15.5. The summed E-state index contributed by atoms with van der Waals surface area (Å²) in [5.41, 5.74) is 1.15. The molecule has 0 saturated heterocycles. The topological polar surface area (TPSA) is 72.2 Å². The van der Waals surface area contributed by atoms with Crippen molar-refractivity contribution >= 4 is 44.8 Å². The Hall–Kier alpha value is -1.92. The van der Waals surface area contributed by atoms with Crippen LogP contribution >= 0.6 is 27.5 Å². The van der Waals surface area contributed by atoms with Gasteiger partial charge in [0.2, 0.25) is 0 Å². The van der Waals surface area contributed by atoms with E-state index in [1.54, 1.807) is 12.1 Å². The number of nitrogens with one attached hydrogen (secondary N) is 1. The van der Waals surface area contributed by atoms with Gasteiger partial charge >= 0.3 is 0 Å². The molecular formula is C14H10BrClN2O3. The summed E-state index contributed by atoms with van der Waals surface area (Å²) in [5, 5.41) is 13.8. The van der Waals surface area contributed by atoms with E-state index in [1.165, 1.54) is 18.2 Å². The number of carbonyl (C=O) groups is 1. The van der Waals surface area contributed by atoms with E-state index in [1.807, 2.05) is 13.0 Å². The highest BCUT2D eigenvalue weighted by Gasteiger charge is 2.18. The second-order valence-corrected chi connectivity index (χ2v) is 5.65. The molecule has 0 aromatic heterocycles. The third-order valence-electron chi connectivity index (χ3n) is 2.77. The summed E-state index contributed by atoms with van der Waals surface area (Å²) in [5.74, 6) is -0.448. The van der Waals surface area contributed by atoms with Crippen molar-refractivity contribution < 1.29 is 9.72 Å². The number of hydrogen-bond donors (Lipinski definition) is 1. The maximum absolute atomic E-state index is 12.3. The minimum Gasteiger partial charge on any atom is -0.316 e. The van der Waals surface area contributed by atoms with Crippen molar-refractivity contribution in [1.29, 1.82) is 0 Å². The van der Waals surface area contributed by atoms with E-state index >= 15 is 0 Å².